The van der Waals surface area contributed by atoms with Gasteiger partial charge in [0.1, 0.15) is 69.2 Å². The van der Waals surface area contributed by atoms with Gasteiger partial charge in [0.05, 0.1) is 6.61 Å². The molecule has 11 heteroatoms. The third-order valence-corrected chi connectivity index (χ3v) is 5.75. The molecule has 1 fully saturated rings. The van der Waals surface area contributed by atoms with Crippen LogP contribution < -0.4 is 4.74 Å². The summed E-state index contributed by atoms with van der Waals surface area (Å²) >= 11 is 0. The third kappa shape index (κ3) is 4.90. The minimum atomic E-state index is 0.108. The maximum Gasteiger partial charge on any atom is 0.143 e. The van der Waals surface area contributed by atoms with Crippen LogP contribution in [0.15, 0.2) is 84.9 Å². The number of benzene rings is 4. The molecule has 1 saturated heterocycles. The zero-order valence-corrected chi connectivity index (χ0v) is 19.9. The van der Waals surface area contributed by atoms with E-state index in [1.165, 1.54) is 15.7 Å². The highest BCUT2D eigenvalue weighted by molar-refractivity contribution is 5.76. The van der Waals surface area contributed by atoms with Crippen molar-refractivity contribution in [1.82, 2.24) is 30.0 Å². The van der Waals surface area contributed by atoms with E-state index >= 15 is 0 Å². The summed E-state index contributed by atoms with van der Waals surface area (Å²) < 4.78 is 10.7. The molecular formula is C27H22N6O5. The topological polar surface area (TPSA) is 144 Å². The lowest BCUT2D eigenvalue weighted by Gasteiger charge is -2.02. The number of para-hydroxylation sites is 4. The van der Waals surface area contributed by atoms with E-state index in [1.807, 2.05) is 24.3 Å². The quantitative estimate of drug-likeness (QED) is 0.295. The number of fused-ring (bicyclic) bond motifs is 2. The second-order valence-corrected chi connectivity index (χ2v) is 8.55. The van der Waals surface area contributed by atoms with Crippen LogP contribution in [0, 0.1) is 0 Å². The van der Waals surface area contributed by atoms with Crippen LogP contribution >= 0.6 is 0 Å². The first-order valence-electron chi connectivity index (χ1n) is 11.8. The van der Waals surface area contributed by atoms with Gasteiger partial charge in [0.15, 0.2) is 0 Å². The van der Waals surface area contributed by atoms with E-state index in [1.54, 1.807) is 54.6 Å². The van der Waals surface area contributed by atoms with Gasteiger partial charge in [-0.15, -0.1) is 30.0 Å². The van der Waals surface area contributed by atoms with Crippen molar-refractivity contribution in [2.45, 2.75) is 6.10 Å². The van der Waals surface area contributed by atoms with Crippen molar-refractivity contribution >= 4 is 22.1 Å². The van der Waals surface area contributed by atoms with Crippen LogP contribution in [0.3, 0.4) is 0 Å². The van der Waals surface area contributed by atoms with Crippen LogP contribution in [0.1, 0.15) is 0 Å². The normalized spacial score (nSPS) is 14.3. The Kier molecular flexibility index (Phi) is 5.94. The Morgan fingerprint density at radius 3 is 1.79 bits per heavy atom. The molecular weight excluding hydrogens is 488 g/mol. The highest BCUT2D eigenvalue weighted by Gasteiger charge is 2.23. The van der Waals surface area contributed by atoms with Crippen LogP contribution in [0.25, 0.3) is 33.4 Å². The van der Waals surface area contributed by atoms with Crippen molar-refractivity contribution in [3.8, 4) is 34.4 Å². The lowest BCUT2D eigenvalue weighted by atomic mass is 10.3. The van der Waals surface area contributed by atoms with Crippen molar-refractivity contribution < 1.29 is 24.8 Å². The molecule has 1 aliphatic rings. The van der Waals surface area contributed by atoms with Gasteiger partial charge in [0.2, 0.25) is 0 Å². The maximum absolute atomic E-state index is 9.86. The fourth-order valence-electron chi connectivity index (χ4n) is 3.72. The number of nitrogens with zero attached hydrogens (tertiary/aromatic N) is 6. The zero-order valence-electron chi connectivity index (χ0n) is 19.9. The molecule has 2 aromatic heterocycles. The molecule has 6 aromatic rings. The summed E-state index contributed by atoms with van der Waals surface area (Å²) in [6.45, 7) is 1.32. The summed E-state index contributed by atoms with van der Waals surface area (Å²) in [5, 5.41) is 46.0. The first-order chi connectivity index (χ1) is 18.5. The monoisotopic (exact) mass is 510 g/mol. The molecule has 1 atom stereocenters. The fourth-order valence-corrected chi connectivity index (χ4v) is 3.72. The molecule has 3 N–H and O–H groups in total. The van der Waals surface area contributed by atoms with Crippen LogP contribution in [-0.2, 0) is 4.74 Å². The zero-order chi connectivity index (χ0) is 26.1. The summed E-state index contributed by atoms with van der Waals surface area (Å²) in [6.07, 6.45) is 0.220. The van der Waals surface area contributed by atoms with Crippen molar-refractivity contribution in [3.63, 3.8) is 0 Å². The Hall–Kier alpha value is -5.16. The molecule has 3 heterocycles. The largest absolute Gasteiger partial charge is 0.508 e. The van der Waals surface area contributed by atoms with E-state index in [9.17, 15) is 15.3 Å². The van der Waals surface area contributed by atoms with Gasteiger partial charge in [0.25, 0.3) is 0 Å². The average Bonchev–Trinajstić information content (AvgIpc) is 3.51. The molecule has 0 saturated carbocycles. The first kappa shape index (κ1) is 23.3. The van der Waals surface area contributed by atoms with Crippen molar-refractivity contribution in [1.29, 1.82) is 0 Å². The Morgan fingerprint density at radius 1 is 0.684 bits per heavy atom. The molecule has 0 radical (unpaired) electrons. The molecule has 1 unspecified atom stereocenters. The van der Waals surface area contributed by atoms with Crippen molar-refractivity contribution in [2.24, 2.45) is 0 Å². The number of hydrogen-bond donors (Lipinski definition) is 3. The fraction of sp³-hybridized carbons (Fsp3) is 0.111. The average molecular weight is 511 g/mol. The van der Waals surface area contributed by atoms with Gasteiger partial charge in [-0.05, 0) is 48.5 Å². The predicted molar refractivity (Wildman–Crippen MR) is 138 cm³/mol. The summed E-state index contributed by atoms with van der Waals surface area (Å²) in [6, 6.07) is 24.0. The van der Waals surface area contributed by atoms with Gasteiger partial charge in [-0.1, -0.05) is 24.3 Å². The number of epoxide rings is 1. The molecule has 0 amide bonds. The third-order valence-electron chi connectivity index (χ3n) is 5.75. The molecule has 7 rings (SSSR count). The lowest BCUT2D eigenvalue weighted by Crippen LogP contribution is -2.03. The van der Waals surface area contributed by atoms with Crippen molar-refractivity contribution in [3.05, 3.63) is 84.9 Å². The van der Waals surface area contributed by atoms with Gasteiger partial charge < -0.3 is 24.8 Å². The maximum atomic E-state index is 9.86. The standard InChI is InChI=1S/C15H13N3O3.C12H9N3O2/c19-15-4-2-1-3-14(15)18-16-12-6-5-10(7-13(12)17-18)20-8-11-9-21-11;16-8-5-6-9-10(7-8)14-15(13-9)11-3-1-2-4-12(11)17/h1-7,11,19H,8-9H2;1-7,16-17H. The minimum Gasteiger partial charge on any atom is -0.508 e. The number of hydrogen-bond acceptors (Lipinski definition) is 9. The Balaban J connectivity index is 0.000000142. The van der Waals surface area contributed by atoms with E-state index in [2.05, 4.69) is 20.4 Å². The summed E-state index contributed by atoms with van der Waals surface area (Å²) in [4.78, 5) is 2.77. The van der Waals surface area contributed by atoms with Gasteiger partial charge in [-0.25, -0.2) is 0 Å². The second-order valence-electron chi connectivity index (χ2n) is 8.55. The number of phenolic OH excluding ortho intramolecular Hbond substituents is 3. The van der Waals surface area contributed by atoms with Crippen LogP contribution in [0.5, 0.6) is 23.0 Å². The smallest absolute Gasteiger partial charge is 0.143 e. The van der Waals surface area contributed by atoms with Crippen LogP contribution in [0.4, 0.5) is 0 Å². The molecule has 38 heavy (non-hydrogen) atoms. The molecule has 4 aromatic carbocycles. The molecule has 1 aliphatic heterocycles. The Labute approximate surface area is 215 Å². The van der Waals surface area contributed by atoms with Crippen molar-refractivity contribution in [2.75, 3.05) is 13.2 Å². The number of aromatic nitrogens is 6. The van der Waals surface area contributed by atoms with Gasteiger partial charge in [-0.2, -0.15) is 0 Å². The summed E-state index contributed by atoms with van der Waals surface area (Å²) in [5.74, 6) is 1.13. The number of aromatic hydroxyl groups is 3. The molecule has 0 spiro atoms. The molecule has 0 aliphatic carbocycles. The van der Waals surface area contributed by atoms with E-state index < -0.39 is 0 Å². The predicted octanol–water partition coefficient (Wildman–Crippen LogP) is 3.74. The second kappa shape index (κ2) is 9.71. The molecule has 0 bridgehead atoms. The van der Waals surface area contributed by atoms with Crippen LogP contribution in [-0.4, -0.2) is 64.6 Å². The molecule has 11 nitrogen and oxygen atoms in total. The SMILES string of the molecule is Oc1ccc2nn(-c3ccccc3O)nc2c1.Oc1ccccc1-n1nc2ccc(OCC3CO3)cc2n1. The molecule has 190 valence electrons. The number of rotatable bonds is 5. The van der Waals surface area contributed by atoms with Gasteiger partial charge in [-0.3, -0.25) is 0 Å². The minimum absolute atomic E-state index is 0.108. The highest BCUT2D eigenvalue weighted by Crippen LogP contribution is 2.24. The Bertz CT molecular complexity index is 1740. The van der Waals surface area contributed by atoms with E-state index in [4.69, 9.17) is 9.47 Å². The van der Waals surface area contributed by atoms with E-state index in [-0.39, 0.29) is 23.4 Å². The van der Waals surface area contributed by atoms with Gasteiger partial charge in [0, 0.05) is 12.1 Å². The lowest BCUT2D eigenvalue weighted by molar-refractivity contribution is 0.263. The first-order valence-corrected chi connectivity index (χ1v) is 11.8. The highest BCUT2D eigenvalue weighted by atomic mass is 16.6. The number of ether oxygens (including phenoxy) is 2. The summed E-state index contributed by atoms with van der Waals surface area (Å²) in [5.41, 5.74) is 3.74. The number of phenols is 3. The summed E-state index contributed by atoms with van der Waals surface area (Å²) in [7, 11) is 0. The van der Waals surface area contributed by atoms with E-state index in [0.717, 1.165) is 17.9 Å². The van der Waals surface area contributed by atoms with E-state index in [0.29, 0.717) is 34.5 Å². The van der Waals surface area contributed by atoms with Crippen LogP contribution in [0.2, 0.25) is 0 Å². The van der Waals surface area contributed by atoms with Gasteiger partial charge >= 0.3 is 0 Å². The Morgan fingerprint density at radius 2 is 1.21 bits per heavy atom.